The third-order valence-corrected chi connectivity index (χ3v) is 2.77. The molecule has 0 fully saturated rings. The Morgan fingerprint density at radius 3 is 2.64 bits per heavy atom. The Hall–Kier alpha value is -1.10. The van der Waals surface area contributed by atoms with Gasteiger partial charge in [0.15, 0.2) is 0 Å². The lowest BCUT2D eigenvalue weighted by atomic mass is 10.2. The van der Waals surface area contributed by atoms with Crippen LogP contribution < -0.4 is 0 Å². The number of aryl methyl sites for hydroxylation is 1. The van der Waals surface area contributed by atoms with Gasteiger partial charge in [0.2, 0.25) is 0 Å². The summed E-state index contributed by atoms with van der Waals surface area (Å²) in [6.45, 7) is 5.15. The second kappa shape index (κ2) is 3.96. The van der Waals surface area contributed by atoms with Crippen molar-refractivity contribution in [1.82, 2.24) is 9.97 Å². The predicted molar refractivity (Wildman–Crippen MR) is 54.3 cm³/mol. The summed E-state index contributed by atoms with van der Waals surface area (Å²) in [6.07, 6.45) is 1.44. The molecule has 76 valence electrons. The van der Waals surface area contributed by atoms with Crippen molar-refractivity contribution in [3.05, 3.63) is 18.1 Å². The molecule has 0 bridgehead atoms. The molecule has 4 nitrogen and oxygen atoms in total. The number of thioether (sulfide) groups is 1. The van der Waals surface area contributed by atoms with Crippen LogP contribution in [0.5, 0.6) is 0 Å². The van der Waals surface area contributed by atoms with Crippen LogP contribution in [0.2, 0.25) is 0 Å². The van der Waals surface area contributed by atoms with E-state index in [0.717, 1.165) is 5.69 Å². The van der Waals surface area contributed by atoms with Crippen molar-refractivity contribution in [2.45, 2.75) is 30.5 Å². The maximum atomic E-state index is 10.8. The molecule has 0 spiro atoms. The molecule has 5 heteroatoms. The first-order valence-electron chi connectivity index (χ1n) is 4.13. The average Bonchev–Trinajstić information content (AvgIpc) is 2.02. The number of carbonyl (C=O) groups is 1. The summed E-state index contributed by atoms with van der Waals surface area (Å²) >= 11 is 1.22. The van der Waals surface area contributed by atoms with E-state index >= 15 is 0 Å². The molecule has 0 saturated heterocycles. The Kier molecular flexibility index (Phi) is 3.10. The molecule has 0 aromatic carbocycles. The average molecular weight is 212 g/mol. The van der Waals surface area contributed by atoms with E-state index in [1.54, 1.807) is 19.9 Å². The molecule has 0 saturated carbocycles. The zero-order chi connectivity index (χ0) is 10.8. The van der Waals surface area contributed by atoms with Crippen LogP contribution in [0, 0.1) is 6.92 Å². The van der Waals surface area contributed by atoms with Crippen molar-refractivity contribution in [3.63, 3.8) is 0 Å². The molecule has 1 N–H and O–H groups in total. The van der Waals surface area contributed by atoms with Gasteiger partial charge in [0.1, 0.15) is 16.1 Å². The zero-order valence-electron chi connectivity index (χ0n) is 8.31. The first kappa shape index (κ1) is 11.0. The molecule has 14 heavy (non-hydrogen) atoms. The van der Waals surface area contributed by atoms with Crippen LogP contribution in [0.15, 0.2) is 17.4 Å². The summed E-state index contributed by atoms with van der Waals surface area (Å²) in [5.41, 5.74) is 0.837. The van der Waals surface area contributed by atoms with E-state index in [9.17, 15) is 4.79 Å². The molecule has 1 aromatic rings. The third kappa shape index (κ3) is 2.70. The standard InChI is InChI=1S/C9H12N2O2S/c1-6-4-7(11-5-10-6)14-9(2,3)8(12)13/h4-5H,1-3H3,(H,12,13). The number of carboxylic acids is 1. The number of rotatable bonds is 3. The minimum absolute atomic E-state index is 0.685. The first-order chi connectivity index (χ1) is 6.42. The summed E-state index contributed by atoms with van der Waals surface area (Å²) < 4.78 is -0.860. The topological polar surface area (TPSA) is 63.1 Å². The van der Waals surface area contributed by atoms with Crippen molar-refractivity contribution in [2.75, 3.05) is 0 Å². The highest BCUT2D eigenvalue weighted by Crippen LogP contribution is 2.30. The molecule has 0 aliphatic heterocycles. The highest BCUT2D eigenvalue weighted by Gasteiger charge is 2.28. The molecule has 0 atom stereocenters. The van der Waals surface area contributed by atoms with Crippen LogP contribution in [0.3, 0.4) is 0 Å². The number of hydrogen-bond acceptors (Lipinski definition) is 4. The van der Waals surface area contributed by atoms with Crippen molar-refractivity contribution in [2.24, 2.45) is 0 Å². The Morgan fingerprint density at radius 1 is 1.50 bits per heavy atom. The second-order valence-electron chi connectivity index (χ2n) is 3.42. The summed E-state index contributed by atoms with van der Waals surface area (Å²) in [4.78, 5) is 18.8. The number of nitrogens with zero attached hydrogens (tertiary/aromatic N) is 2. The fourth-order valence-corrected chi connectivity index (χ4v) is 1.73. The van der Waals surface area contributed by atoms with Gasteiger partial charge in [0, 0.05) is 5.69 Å². The number of aromatic nitrogens is 2. The lowest BCUT2D eigenvalue weighted by Gasteiger charge is -2.17. The van der Waals surface area contributed by atoms with Gasteiger partial charge >= 0.3 is 5.97 Å². The molecule has 0 amide bonds. The van der Waals surface area contributed by atoms with Crippen LogP contribution in [-0.4, -0.2) is 25.8 Å². The minimum atomic E-state index is -0.860. The van der Waals surface area contributed by atoms with E-state index in [4.69, 9.17) is 5.11 Å². The predicted octanol–water partition coefficient (Wildman–Crippen LogP) is 1.74. The molecule has 1 heterocycles. The third-order valence-electron chi connectivity index (χ3n) is 1.65. The van der Waals surface area contributed by atoms with E-state index in [1.165, 1.54) is 18.1 Å². The van der Waals surface area contributed by atoms with Crippen molar-refractivity contribution < 1.29 is 9.90 Å². The summed E-state index contributed by atoms with van der Waals surface area (Å²) in [7, 11) is 0. The van der Waals surface area contributed by atoms with E-state index in [2.05, 4.69) is 9.97 Å². The fraction of sp³-hybridized carbons (Fsp3) is 0.444. The molecular formula is C9H12N2O2S. The number of aliphatic carboxylic acids is 1. The first-order valence-corrected chi connectivity index (χ1v) is 4.94. The quantitative estimate of drug-likeness (QED) is 0.610. The molecule has 0 radical (unpaired) electrons. The summed E-state index contributed by atoms with van der Waals surface area (Å²) in [5, 5.41) is 9.59. The SMILES string of the molecule is Cc1cc(SC(C)(C)C(=O)O)ncn1. The van der Waals surface area contributed by atoms with Gasteiger partial charge in [-0.15, -0.1) is 0 Å². The van der Waals surface area contributed by atoms with Crippen molar-refractivity contribution in [3.8, 4) is 0 Å². The van der Waals surface area contributed by atoms with E-state index < -0.39 is 10.7 Å². The smallest absolute Gasteiger partial charge is 0.319 e. The van der Waals surface area contributed by atoms with Gasteiger partial charge in [-0.25, -0.2) is 9.97 Å². The van der Waals surface area contributed by atoms with Crippen molar-refractivity contribution >= 4 is 17.7 Å². The fourth-order valence-electron chi connectivity index (χ4n) is 0.791. The van der Waals surface area contributed by atoms with E-state index in [0.29, 0.717) is 5.03 Å². The van der Waals surface area contributed by atoms with E-state index in [1.807, 2.05) is 6.92 Å². The molecule has 0 aliphatic rings. The van der Waals surface area contributed by atoms with Crippen LogP contribution in [0.25, 0.3) is 0 Å². The van der Waals surface area contributed by atoms with Gasteiger partial charge in [0.05, 0.1) is 0 Å². The van der Waals surface area contributed by atoms with Crippen LogP contribution in [0.4, 0.5) is 0 Å². The summed E-state index contributed by atoms with van der Waals surface area (Å²) in [5.74, 6) is -0.848. The van der Waals surface area contributed by atoms with Crippen LogP contribution >= 0.6 is 11.8 Å². The van der Waals surface area contributed by atoms with Crippen LogP contribution in [-0.2, 0) is 4.79 Å². The lowest BCUT2D eigenvalue weighted by Crippen LogP contribution is -2.27. The highest BCUT2D eigenvalue weighted by molar-refractivity contribution is 8.01. The van der Waals surface area contributed by atoms with Gasteiger partial charge in [0.25, 0.3) is 0 Å². The molecule has 0 unspecified atom stereocenters. The van der Waals surface area contributed by atoms with E-state index in [-0.39, 0.29) is 0 Å². The molecule has 1 aromatic heterocycles. The monoisotopic (exact) mass is 212 g/mol. The lowest BCUT2D eigenvalue weighted by molar-refractivity contribution is -0.138. The van der Waals surface area contributed by atoms with Gasteiger partial charge in [-0.05, 0) is 26.8 Å². The molecule has 0 aliphatic carbocycles. The highest BCUT2D eigenvalue weighted by atomic mass is 32.2. The normalized spacial score (nSPS) is 11.4. The minimum Gasteiger partial charge on any atom is -0.480 e. The number of hydrogen-bond donors (Lipinski definition) is 1. The largest absolute Gasteiger partial charge is 0.480 e. The molecular weight excluding hydrogens is 200 g/mol. The summed E-state index contributed by atoms with van der Waals surface area (Å²) in [6, 6.07) is 1.77. The van der Waals surface area contributed by atoms with Crippen LogP contribution in [0.1, 0.15) is 19.5 Å². The maximum Gasteiger partial charge on any atom is 0.319 e. The Bertz CT molecular complexity index is 352. The second-order valence-corrected chi connectivity index (χ2v) is 5.06. The Labute approximate surface area is 86.8 Å². The van der Waals surface area contributed by atoms with Gasteiger partial charge in [-0.2, -0.15) is 0 Å². The number of carboxylic acid groups (broad SMARTS) is 1. The zero-order valence-corrected chi connectivity index (χ0v) is 9.13. The Morgan fingerprint density at radius 2 is 2.14 bits per heavy atom. The van der Waals surface area contributed by atoms with Gasteiger partial charge < -0.3 is 5.11 Å². The maximum absolute atomic E-state index is 10.8. The molecule has 1 rings (SSSR count). The van der Waals surface area contributed by atoms with Gasteiger partial charge in [-0.1, -0.05) is 11.8 Å². The van der Waals surface area contributed by atoms with Crippen molar-refractivity contribution in [1.29, 1.82) is 0 Å². The van der Waals surface area contributed by atoms with Gasteiger partial charge in [-0.3, -0.25) is 4.79 Å². The Balaban J connectivity index is 2.83.